The second-order valence-corrected chi connectivity index (χ2v) is 2.41. The average molecular weight is 200 g/mol. The summed E-state index contributed by atoms with van der Waals surface area (Å²) >= 11 is 0. The molecule has 0 aliphatic heterocycles. The van der Waals surface area contributed by atoms with Gasteiger partial charge >= 0.3 is 0 Å². The number of nitrogens with one attached hydrogen (secondary N) is 1. The van der Waals surface area contributed by atoms with Crippen molar-refractivity contribution in [2.75, 3.05) is 6.54 Å². The van der Waals surface area contributed by atoms with Gasteiger partial charge in [0, 0.05) is 6.54 Å². The Bertz CT molecular complexity index is 226. The van der Waals surface area contributed by atoms with E-state index in [-0.39, 0.29) is 12.4 Å². The van der Waals surface area contributed by atoms with Gasteiger partial charge in [-0.1, -0.05) is 36.4 Å². The van der Waals surface area contributed by atoms with Crippen LogP contribution in [0.5, 0.6) is 0 Å². The van der Waals surface area contributed by atoms with Crippen LogP contribution in [0.3, 0.4) is 0 Å². The topological polar surface area (TPSA) is 21.3 Å². The lowest BCUT2D eigenvalue weighted by Crippen LogP contribution is -2.13. The zero-order valence-corrected chi connectivity index (χ0v) is 8.22. The molecule has 0 aliphatic carbocycles. The molecular formula is C10H14ClNO. The monoisotopic (exact) mass is 199 g/mol. The number of hydrogen-bond donors (Lipinski definition) is 1. The molecule has 0 saturated heterocycles. The average Bonchev–Trinajstić information content (AvgIpc) is 2.14. The van der Waals surface area contributed by atoms with E-state index in [0.29, 0.717) is 13.2 Å². The van der Waals surface area contributed by atoms with Crippen LogP contribution in [-0.4, -0.2) is 6.54 Å². The lowest BCUT2D eigenvalue weighted by molar-refractivity contribution is 0.0352. The van der Waals surface area contributed by atoms with Gasteiger partial charge in [-0.3, -0.25) is 4.84 Å². The van der Waals surface area contributed by atoms with Crippen LogP contribution in [0.15, 0.2) is 43.0 Å². The molecule has 1 aromatic rings. The van der Waals surface area contributed by atoms with Crippen molar-refractivity contribution in [2.45, 2.75) is 6.61 Å². The van der Waals surface area contributed by atoms with Crippen LogP contribution in [0.2, 0.25) is 0 Å². The largest absolute Gasteiger partial charge is 0.297 e. The third-order valence-corrected chi connectivity index (χ3v) is 1.41. The van der Waals surface area contributed by atoms with E-state index in [1.54, 1.807) is 6.08 Å². The van der Waals surface area contributed by atoms with E-state index in [0.717, 1.165) is 5.56 Å². The van der Waals surface area contributed by atoms with Crippen LogP contribution in [0.1, 0.15) is 5.56 Å². The van der Waals surface area contributed by atoms with Gasteiger partial charge in [-0.2, -0.15) is 5.48 Å². The molecule has 0 heterocycles. The van der Waals surface area contributed by atoms with Crippen molar-refractivity contribution in [1.29, 1.82) is 0 Å². The number of halogens is 1. The van der Waals surface area contributed by atoms with Crippen LogP contribution < -0.4 is 5.48 Å². The quantitative estimate of drug-likeness (QED) is 0.447. The summed E-state index contributed by atoms with van der Waals surface area (Å²) in [7, 11) is 0. The molecule has 0 saturated carbocycles. The molecule has 2 nitrogen and oxygen atoms in total. The Morgan fingerprint density at radius 2 is 2.00 bits per heavy atom. The second-order valence-electron chi connectivity index (χ2n) is 2.41. The third-order valence-electron chi connectivity index (χ3n) is 1.41. The third kappa shape index (κ3) is 5.42. The lowest BCUT2D eigenvalue weighted by Gasteiger charge is -2.02. The summed E-state index contributed by atoms with van der Waals surface area (Å²) in [6.45, 7) is 4.83. The van der Waals surface area contributed by atoms with Gasteiger partial charge < -0.3 is 0 Å². The van der Waals surface area contributed by atoms with Gasteiger partial charge in [0.1, 0.15) is 0 Å². The maximum Gasteiger partial charge on any atom is 0.0933 e. The van der Waals surface area contributed by atoms with E-state index in [1.807, 2.05) is 30.3 Å². The van der Waals surface area contributed by atoms with Gasteiger partial charge in [0.25, 0.3) is 0 Å². The van der Waals surface area contributed by atoms with Crippen LogP contribution in [0, 0.1) is 0 Å². The number of hydrogen-bond acceptors (Lipinski definition) is 2. The highest BCUT2D eigenvalue weighted by Gasteiger charge is 1.88. The number of benzene rings is 1. The zero-order chi connectivity index (χ0) is 8.65. The van der Waals surface area contributed by atoms with Gasteiger partial charge in [0.05, 0.1) is 6.61 Å². The SMILES string of the molecule is C=CCNOCc1ccccc1.Cl. The Hall–Kier alpha value is -0.830. The van der Waals surface area contributed by atoms with Crippen molar-refractivity contribution in [1.82, 2.24) is 5.48 Å². The Morgan fingerprint density at radius 1 is 1.31 bits per heavy atom. The van der Waals surface area contributed by atoms with Crippen molar-refractivity contribution < 1.29 is 4.84 Å². The number of rotatable bonds is 5. The van der Waals surface area contributed by atoms with E-state index in [9.17, 15) is 0 Å². The summed E-state index contributed by atoms with van der Waals surface area (Å²) in [4.78, 5) is 5.14. The van der Waals surface area contributed by atoms with Crippen molar-refractivity contribution in [2.24, 2.45) is 0 Å². The molecule has 1 N–H and O–H groups in total. The van der Waals surface area contributed by atoms with Crippen LogP contribution in [0.25, 0.3) is 0 Å². The maximum atomic E-state index is 5.14. The fourth-order valence-electron chi connectivity index (χ4n) is 0.826. The molecule has 0 fully saturated rings. The lowest BCUT2D eigenvalue weighted by atomic mass is 10.2. The minimum Gasteiger partial charge on any atom is -0.297 e. The Balaban J connectivity index is 0.00000144. The molecular weight excluding hydrogens is 186 g/mol. The van der Waals surface area contributed by atoms with Gasteiger partial charge in [-0.05, 0) is 5.56 Å². The fraction of sp³-hybridized carbons (Fsp3) is 0.200. The van der Waals surface area contributed by atoms with E-state index < -0.39 is 0 Å². The van der Waals surface area contributed by atoms with Crippen LogP contribution in [-0.2, 0) is 11.4 Å². The first-order valence-electron chi connectivity index (χ1n) is 3.93. The Kier molecular flexibility index (Phi) is 7.30. The first-order chi connectivity index (χ1) is 5.93. The highest BCUT2D eigenvalue weighted by molar-refractivity contribution is 5.85. The van der Waals surface area contributed by atoms with Crippen molar-refractivity contribution >= 4 is 12.4 Å². The van der Waals surface area contributed by atoms with E-state index in [1.165, 1.54) is 0 Å². The van der Waals surface area contributed by atoms with Gasteiger partial charge in [-0.25, -0.2) is 0 Å². The standard InChI is InChI=1S/C10H13NO.ClH/c1-2-8-11-12-9-10-6-4-3-5-7-10;/h2-7,11H,1,8-9H2;1H. The van der Waals surface area contributed by atoms with Crippen molar-refractivity contribution in [3.63, 3.8) is 0 Å². The Labute approximate surface area is 85.0 Å². The normalized spacial score (nSPS) is 8.92. The predicted octanol–water partition coefficient (Wildman–Crippen LogP) is 2.32. The van der Waals surface area contributed by atoms with Gasteiger partial charge in [-0.15, -0.1) is 19.0 Å². The summed E-state index contributed by atoms with van der Waals surface area (Å²) in [6, 6.07) is 10.0. The summed E-state index contributed by atoms with van der Waals surface area (Å²) in [5.74, 6) is 0. The molecule has 0 unspecified atom stereocenters. The van der Waals surface area contributed by atoms with Gasteiger partial charge in [0.15, 0.2) is 0 Å². The van der Waals surface area contributed by atoms with Crippen molar-refractivity contribution in [3.05, 3.63) is 48.6 Å². The molecule has 0 bridgehead atoms. The second kappa shape index (κ2) is 7.80. The molecule has 72 valence electrons. The smallest absolute Gasteiger partial charge is 0.0933 e. The van der Waals surface area contributed by atoms with E-state index in [2.05, 4.69) is 12.1 Å². The molecule has 0 aliphatic rings. The molecule has 3 heteroatoms. The molecule has 1 rings (SSSR count). The van der Waals surface area contributed by atoms with Crippen molar-refractivity contribution in [3.8, 4) is 0 Å². The molecule has 0 atom stereocenters. The highest BCUT2D eigenvalue weighted by Crippen LogP contribution is 1.98. The Morgan fingerprint density at radius 3 is 2.62 bits per heavy atom. The molecule has 0 radical (unpaired) electrons. The molecule has 1 aromatic carbocycles. The summed E-state index contributed by atoms with van der Waals surface area (Å²) < 4.78 is 0. The maximum absolute atomic E-state index is 5.14. The summed E-state index contributed by atoms with van der Waals surface area (Å²) in [6.07, 6.45) is 1.75. The molecule has 0 aromatic heterocycles. The first-order valence-corrected chi connectivity index (χ1v) is 3.93. The first kappa shape index (κ1) is 12.2. The van der Waals surface area contributed by atoms with E-state index in [4.69, 9.17) is 4.84 Å². The zero-order valence-electron chi connectivity index (χ0n) is 7.40. The van der Waals surface area contributed by atoms with Crippen LogP contribution >= 0.6 is 12.4 Å². The molecule has 0 spiro atoms. The minimum atomic E-state index is 0. The van der Waals surface area contributed by atoms with Crippen LogP contribution in [0.4, 0.5) is 0 Å². The summed E-state index contributed by atoms with van der Waals surface area (Å²) in [5, 5.41) is 0. The fourth-order valence-corrected chi connectivity index (χ4v) is 0.826. The highest BCUT2D eigenvalue weighted by atomic mass is 35.5. The minimum absolute atomic E-state index is 0. The van der Waals surface area contributed by atoms with E-state index >= 15 is 0 Å². The molecule has 13 heavy (non-hydrogen) atoms. The number of hydroxylamine groups is 1. The molecule has 0 amide bonds. The predicted molar refractivity (Wildman–Crippen MR) is 56.7 cm³/mol. The van der Waals surface area contributed by atoms with Gasteiger partial charge in [0.2, 0.25) is 0 Å². The summed E-state index contributed by atoms with van der Waals surface area (Å²) in [5.41, 5.74) is 3.93.